The standard InChI is InChI=1S/C19H30FN5O3Si.C19H31FN2O4Si.C16H28FNOSi.C15H27FN2OSi.C9H11FN2O3.C7H12O3.C6H3F2NO2.C3H9NO/c1-19(2,3)29(5,6)27-10-9-24(4)17-8-7-14(11-16(17)20)25-13-15(12-22-23-21)28-18(25)26;1-19(2,3)27(5,6)25-10-9-21(4)17-8-7-14(11-16(17)20)22-12-15(13-23)26-18(22)24;1-13-8-9-15(14(17)12-13)18(5)10-11-19-20(6,7)16(2,3)4;1-15(2,3)20(5,6)19-10-9-18(4)14-8-7-12(17)11-13(14)16;1-11(4-5-13)9-3-2-7(12(14)15)6-8(9)10;1-2-3-7(8)10-5-6-4-9-6;7-5-2-1-4(9(10)11)3-6(5)8;1-4-2-3-5/h7-8,11,15H,9-10,12-13H2,1-6H3;7-8,11,15,23H,9-10,12-13H2,1-6H3;8-9,12H,10-11H2,1-7H3;7-8,11H,9-10,17H2,1-6H3;2-3,6,13H,4-5H2,1H3;6H,2-5H2,1H3;1-3H;4-5H,2-3H2,1H3/t2*15-;;;;;;/m01....../s1. The Kier molecular flexibility index (Phi) is 51.4. The van der Waals surface area contributed by atoms with Crippen molar-refractivity contribution in [2.75, 3.05) is 201 Å². The number of nitro groups is 2. The molecule has 3 aliphatic heterocycles. The van der Waals surface area contributed by atoms with Crippen molar-refractivity contribution in [2.24, 2.45) is 5.11 Å². The second-order valence-electron chi connectivity index (χ2n) is 39.0. The zero-order valence-electron chi connectivity index (χ0n) is 85.3. The number of hydrogen-bond donors (Lipinski definition) is 5. The Morgan fingerprint density at radius 1 is 0.518 bits per heavy atom. The number of carbonyl (C=O) groups excluding carboxylic acids is 3. The molecule has 3 heterocycles. The Hall–Kier alpha value is -9.74. The molecule has 0 aliphatic carbocycles. The summed E-state index contributed by atoms with van der Waals surface area (Å²) in [5, 5.41) is 53.0. The summed E-state index contributed by atoms with van der Waals surface area (Å²) in [6, 6.07) is 25.0. The molecule has 32 nitrogen and oxygen atoms in total. The molecule has 3 aliphatic rings. The van der Waals surface area contributed by atoms with Gasteiger partial charge in [0, 0.05) is 104 Å². The minimum atomic E-state index is -1.85. The molecule has 6 aromatic rings. The zero-order valence-corrected chi connectivity index (χ0v) is 89.3. The molecule has 0 aromatic heterocycles. The number of carbonyl (C=O) groups is 3. The van der Waals surface area contributed by atoms with Gasteiger partial charge in [0.25, 0.3) is 11.4 Å². The summed E-state index contributed by atoms with van der Waals surface area (Å²) in [6.07, 6.45) is -0.687. The van der Waals surface area contributed by atoms with Crippen LogP contribution < -0.4 is 45.3 Å². The molecule has 1 unspecified atom stereocenters. The smallest absolute Gasteiger partial charge is 0.414 e. The van der Waals surface area contributed by atoms with E-state index in [1.807, 2.05) is 68.9 Å². The fraction of sp³-hybridized carbons (Fsp3) is 0.585. The predicted octanol–water partition coefficient (Wildman–Crippen LogP) is 19.9. The van der Waals surface area contributed by atoms with Crippen LogP contribution in [0, 0.1) is 67.9 Å². The van der Waals surface area contributed by atoms with Crippen LogP contribution in [-0.2, 0) is 41.4 Å². The number of cyclic esters (lactones) is 2. The number of nitro benzene ring substituents is 2. The SMILES string of the molecule is CCCC(=O)OCC1CO1.CN(CCO)c1ccc([N+](=O)[O-])cc1F.CN(CCO[Si](C)(C)C(C)(C)C)c1ccc(N)cc1F.CN(CCO[Si](C)(C)C(C)(C)C)c1ccc(N2C[C@H](CN=[N+]=[N-])OC2=O)cc1F.CN(CCO[Si](C)(C)C(C)(C)C)c1ccc(N2C[C@H](CO)OC2=O)cc1F.CNCCO.Cc1ccc(N(C)CCO[Si](C)(C)C(C)(C)C)c(F)c1.O=[N+]([O-])c1ccc(F)c(F)c1. The van der Waals surface area contributed by atoms with Gasteiger partial charge < -0.3 is 87.5 Å². The molecule has 0 radical (unpaired) electrons. The molecule has 0 bridgehead atoms. The van der Waals surface area contributed by atoms with Crippen molar-refractivity contribution in [3.63, 3.8) is 0 Å². The monoisotopic (exact) mass is 2010 g/mol. The number of amides is 2. The second kappa shape index (κ2) is 57.1. The number of halogens is 7. The Morgan fingerprint density at radius 3 is 1.17 bits per heavy atom. The van der Waals surface area contributed by atoms with Crippen LogP contribution in [0.5, 0.6) is 0 Å². The summed E-state index contributed by atoms with van der Waals surface area (Å²) >= 11 is 0. The van der Waals surface area contributed by atoms with E-state index in [0.29, 0.717) is 124 Å². The number of benzene rings is 6. The van der Waals surface area contributed by atoms with E-state index in [1.54, 1.807) is 61.5 Å². The Balaban J connectivity index is 0.000000549. The average molecular weight is 2010 g/mol. The molecule has 3 fully saturated rings. The van der Waals surface area contributed by atoms with Crippen molar-refractivity contribution in [3.8, 4) is 0 Å². The van der Waals surface area contributed by atoms with Gasteiger partial charge in [-0.1, -0.05) is 101 Å². The summed E-state index contributed by atoms with van der Waals surface area (Å²) in [4.78, 5) is 67.6. The Morgan fingerprint density at radius 2 is 0.861 bits per heavy atom. The van der Waals surface area contributed by atoms with Crippen LogP contribution >= 0.6 is 0 Å². The van der Waals surface area contributed by atoms with Gasteiger partial charge in [-0.2, -0.15) is 0 Å². The van der Waals surface area contributed by atoms with Crippen LogP contribution in [-0.4, -0.2) is 256 Å². The number of azide groups is 1. The number of non-ortho nitro benzene ring substituents is 2. The number of esters is 1. The summed E-state index contributed by atoms with van der Waals surface area (Å²) in [5.41, 5.74) is 17.7. The number of hydrogen-bond acceptors (Lipinski definition) is 26. The fourth-order valence-electron chi connectivity index (χ4n) is 11.1. The largest absolute Gasteiger partial charge is 0.463 e. The van der Waals surface area contributed by atoms with E-state index < -0.39 is 102 Å². The lowest BCUT2D eigenvalue weighted by Crippen LogP contribution is -2.42. The second-order valence-corrected chi connectivity index (χ2v) is 58.2. The predicted molar refractivity (Wildman–Crippen MR) is 540 cm³/mol. The molecule has 0 spiro atoms. The van der Waals surface area contributed by atoms with Gasteiger partial charge in [-0.25, -0.2) is 40.3 Å². The van der Waals surface area contributed by atoms with E-state index in [0.717, 1.165) is 30.7 Å². The maximum atomic E-state index is 14.7. The molecular weight excluding hydrogens is 1860 g/mol. The lowest BCUT2D eigenvalue weighted by molar-refractivity contribution is -0.385. The molecule has 3 saturated heterocycles. The molecule has 9 rings (SSSR count). The maximum absolute atomic E-state index is 14.7. The average Bonchev–Trinajstić information content (AvgIpc) is 1.72. The number of nitrogens with two attached hydrogens (primary N) is 1. The van der Waals surface area contributed by atoms with Crippen LogP contribution in [0.15, 0.2) is 114 Å². The van der Waals surface area contributed by atoms with E-state index in [9.17, 15) is 65.3 Å². The number of nitrogens with zero attached hydrogens (tertiary/aromatic N) is 12. The van der Waals surface area contributed by atoms with Gasteiger partial charge in [0.15, 0.2) is 50.7 Å². The van der Waals surface area contributed by atoms with E-state index in [4.69, 9.17) is 63.2 Å². The maximum Gasteiger partial charge on any atom is 0.414 e. The number of likely N-dealkylation sites (N-methyl/N-ethyl adjacent to an activating group) is 6. The molecular formula is C94H151F7N14O18Si4. The van der Waals surface area contributed by atoms with Crippen molar-refractivity contribution in [3.05, 3.63) is 186 Å². The van der Waals surface area contributed by atoms with Gasteiger partial charge in [-0.15, -0.1) is 0 Å². The number of aryl methyl sites for hydroxylation is 1. The first-order valence-corrected chi connectivity index (χ1v) is 56.8. The summed E-state index contributed by atoms with van der Waals surface area (Å²) in [6.45, 7) is 55.2. The molecule has 43 heteroatoms. The lowest BCUT2D eigenvalue weighted by Gasteiger charge is -2.36. The van der Waals surface area contributed by atoms with Gasteiger partial charge in [0.2, 0.25) is 0 Å². The Bertz CT molecular complexity index is 4730. The first kappa shape index (κ1) is 123. The molecule has 3 atom stereocenters. The minimum Gasteiger partial charge on any atom is -0.463 e. The normalized spacial score (nSPS) is 14.7. The van der Waals surface area contributed by atoms with Crippen molar-refractivity contribution in [1.82, 2.24) is 5.32 Å². The number of nitrogens with one attached hydrogen (secondary N) is 1. The third-order valence-corrected chi connectivity index (χ3v) is 42.2. The fourth-order valence-corrected chi connectivity index (χ4v) is 15.2. The van der Waals surface area contributed by atoms with Gasteiger partial charge in [-0.3, -0.25) is 34.8 Å². The highest BCUT2D eigenvalue weighted by molar-refractivity contribution is 6.75. The van der Waals surface area contributed by atoms with Crippen LogP contribution in [0.4, 0.5) is 97.2 Å². The van der Waals surface area contributed by atoms with Crippen LogP contribution in [0.2, 0.25) is 72.5 Å². The molecule has 6 N–H and O–H groups in total. The van der Waals surface area contributed by atoms with Gasteiger partial charge in [-0.05, 0) is 183 Å². The van der Waals surface area contributed by atoms with Crippen molar-refractivity contribution in [2.45, 2.75) is 201 Å². The van der Waals surface area contributed by atoms with Crippen LogP contribution in [0.3, 0.4) is 0 Å². The quantitative estimate of drug-likeness (QED) is 0.00208. The summed E-state index contributed by atoms with van der Waals surface area (Å²) in [5.74, 6) is -4.38. The summed E-state index contributed by atoms with van der Waals surface area (Å²) in [7, 11) is 3.67. The van der Waals surface area contributed by atoms with Crippen molar-refractivity contribution in [1.29, 1.82) is 0 Å². The highest BCUT2D eigenvalue weighted by Crippen LogP contribution is 2.41. The third kappa shape index (κ3) is 42.5. The molecule has 2 amide bonds. The number of ether oxygens (including phenoxy) is 4. The number of anilines is 8. The first-order valence-electron chi connectivity index (χ1n) is 45.2. The molecule has 0 saturated carbocycles. The van der Waals surface area contributed by atoms with Gasteiger partial charge in [0.1, 0.15) is 48.2 Å². The number of aliphatic hydroxyl groups excluding tert-OH is 3. The third-order valence-electron chi connectivity index (χ3n) is 24.0. The molecule has 6 aromatic carbocycles. The van der Waals surface area contributed by atoms with E-state index in [1.165, 1.54) is 45.0 Å². The number of epoxide rings is 1. The summed E-state index contributed by atoms with van der Waals surface area (Å²) < 4.78 is 139. The van der Waals surface area contributed by atoms with Crippen LogP contribution in [0.1, 0.15) is 108 Å². The molecule has 137 heavy (non-hydrogen) atoms. The van der Waals surface area contributed by atoms with Gasteiger partial charge in [0.05, 0.1) is 134 Å². The zero-order chi connectivity index (χ0) is 105. The molecule has 770 valence electrons. The van der Waals surface area contributed by atoms with Crippen molar-refractivity contribution >= 4 is 108 Å². The minimum absolute atomic E-state index is 0.0519. The number of nitrogen functional groups attached to an aromatic ring is 1. The van der Waals surface area contributed by atoms with Crippen molar-refractivity contribution < 1.29 is 107 Å². The van der Waals surface area contributed by atoms with Gasteiger partial charge >= 0.3 is 18.2 Å². The van der Waals surface area contributed by atoms with Crippen LogP contribution in [0.25, 0.3) is 10.4 Å². The number of aliphatic hydroxyl groups is 3. The highest BCUT2D eigenvalue weighted by Gasteiger charge is 2.41. The topological polar surface area (TPSA) is 385 Å². The van der Waals surface area contributed by atoms with E-state index in [-0.39, 0.29) is 101 Å². The lowest BCUT2D eigenvalue weighted by atomic mass is 10.2. The number of rotatable bonds is 36. The van der Waals surface area contributed by atoms with E-state index >= 15 is 0 Å². The first-order chi connectivity index (χ1) is 63.4. The van der Waals surface area contributed by atoms with E-state index in [2.05, 4.69) is 151 Å². The Labute approximate surface area is 809 Å². The highest BCUT2D eigenvalue weighted by atomic mass is 28.4.